The summed E-state index contributed by atoms with van der Waals surface area (Å²) in [6.45, 7) is 3.95. The van der Waals surface area contributed by atoms with Crippen molar-refractivity contribution in [2.24, 2.45) is 0 Å². The smallest absolute Gasteiger partial charge is 0.348 e. The molecule has 1 fully saturated rings. The Morgan fingerprint density at radius 3 is 2.57 bits per heavy atom. The van der Waals surface area contributed by atoms with Gasteiger partial charge in [0.2, 0.25) is 0 Å². The lowest BCUT2D eigenvalue weighted by atomic mass is 10.1. The third kappa shape index (κ3) is 4.91. The highest BCUT2D eigenvalue weighted by atomic mass is 35.5. The van der Waals surface area contributed by atoms with Gasteiger partial charge in [-0.15, -0.1) is 0 Å². The molecule has 4 heterocycles. The highest BCUT2D eigenvalue weighted by Crippen LogP contribution is 2.35. The van der Waals surface area contributed by atoms with E-state index in [9.17, 15) is 13.2 Å². The Morgan fingerprint density at radius 1 is 1.11 bits per heavy atom. The summed E-state index contributed by atoms with van der Waals surface area (Å²) in [5.41, 5.74) is 2.14. The molecule has 0 radical (unpaired) electrons. The number of nitrogens with zero attached hydrogens (tertiary/aromatic N) is 5. The zero-order chi connectivity index (χ0) is 24.7. The molecule has 0 saturated carbocycles. The van der Waals surface area contributed by atoms with Crippen molar-refractivity contribution in [3.8, 4) is 11.3 Å². The van der Waals surface area contributed by atoms with Crippen molar-refractivity contribution < 1.29 is 12.8 Å². The molecule has 11 heteroatoms. The summed E-state index contributed by atoms with van der Waals surface area (Å²) in [5, 5.41) is 1.18. The minimum absolute atomic E-state index is 0.0309. The monoisotopic (exact) mass is 515 g/mol. The quantitative estimate of drug-likeness (QED) is 0.386. The zero-order valence-electron chi connectivity index (χ0n) is 19.6. The van der Waals surface area contributed by atoms with Crippen molar-refractivity contribution in [3.05, 3.63) is 52.0 Å². The molecular weight excluding hydrogens is 490 g/mol. The lowest BCUT2D eigenvalue weighted by Gasteiger charge is -2.33. The van der Waals surface area contributed by atoms with E-state index in [4.69, 9.17) is 16.0 Å². The first-order valence-corrected chi connectivity index (χ1v) is 13.8. The number of rotatable bonds is 6. The van der Waals surface area contributed by atoms with Crippen molar-refractivity contribution in [2.45, 2.75) is 13.0 Å². The maximum absolute atomic E-state index is 13.1. The fourth-order valence-corrected chi connectivity index (χ4v) is 5.25. The van der Waals surface area contributed by atoms with Gasteiger partial charge in [0.15, 0.2) is 5.58 Å². The Kier molecular flexibility index (Phi) is 6.29. The SMILES string of the molecule is CN1CCN(c2ccc(-c3nc(=O)n(CCCS(C)(=O)=O)c4c3oc3ccc(Cl)cc34)cn2)CC1. The second kappa shape index (κ2) is 9.25. The van der Waals surface area contributed by atoms with Crippen LogP contribution in [0.15, 0.2) is 45.7 Å². The molecule has 0 aliphatic carbocycles. The summed E-state index contributed by atoms with van der Waals surface area (Å²) >= 11 is 6.25. The molecule has 35 heavy (non-hydrogen) atoms. The van der Waals surface area contributed by atoms with Gasteiger partial charge in [0, 0.05) is 61.1 Å². The maximum Gasteiger partial charge on any atom is 0.348 e. The molecule has 1 aliphatic rings. The van der Waals surface area contributed by atoms with Gasteiger partial charge in [0.25, 0.3) is 0 Å². The first kappa shape index (κ1) is 23.8. The maximum atomic E-state index is 13.1. The largest absolute Gasteiger partial charge is 0.452 e. The van der Waals surface area contributed by atoms with Gasteiger partial charge >= 0.3 is 5.69 Å². The van der Waals surface area contributed by atoms with Crippen LogP contribution in [-0.2, 0) is 16.4 Å². The molecule has 0 amide bonds. The lowest BCUT2D eigenvalue weighted by molar-refractivity contribution is 0.312. The molecule has 184 valence electrons. The van der Waals surface area contributed by atoms with Gasteiger partial charge < -0.3 is 14.2 Å². The van der Waals surface area contributed by atoms with Crippen LogP contribution in [0.1, 0.15) is 6.42 Å². The standard InChI is InChI=1S/C24H26ClN5O4S/c1-28-9-11-29(12-10-28)20-7-4-16(15-26-20)21-23-22(18-14-17(25)5-6-19(18)34-23)30(24(31)27-21)8-3-13-35(2,32)33/h4-7,14-15H,3,8-13H2,1-2H3. The number of aryl methyl sites for hydroxylation is 1. The van der Waals surface area contributed by atoms with Crippen LogP contribution in [0.2, 0.25) is 5.02 Å². The van der Waals surface area contributed by atoms with E-state index in [-0.39, 0.29) is 18.7 Å². The number of sulfone groups is 1. The van der Waals surface area contributed by atoms with Gasteiger partial charge in [0.1, 0.15) is 32.4 Å². The predicted octanol–water partition coefficient (Wildman–Crippen LogP) is 3.04. The molecule has 4 aromatic rings. The van der Waals surface area contributed by atoms with Crippen LogP contribution < -0.4 is 10.6 Å². The Balaban J connectivity index is 1.59. The summed E-state index contributed by atoms with van der Waals surface area (Å²) < 4.78 is 30.9. The van der Waals surface area contributed by atoms with Crippen LogP contribution in [0.4, 0.5) is 5.82 Å². The average Bonchev–Trinajstić information content (AvgIpc) is 3.19. The van der Waals surface area contributed by atoms with Gasteiger partial charge in [-0.05, 0) is 43.8 Å². The highest BCUT2D eigenvalue weighted by molar-refractivity contribution is 7.90. The van der Waals surface area contributed by atoms with Crippen LogP contribution >= 0.6 is 11.6 Å². The summed E-state index contributed by atoms with van der Waals surface area (Å²) in [7, 11) is -1.05. The molecule has 1 aliphatic heterocycles. The summed E-state index contributed by atoms with van der Waals surface area (Å²) in [6, 6.07) is 9.05. The van der Waals surface area contributed by atoms with Crippen molar-refractivity contribution in [3.63, 3.8) is 0 Å². The van der Waals surface area contributed by atoms with E-state index < -0.39 is 15.5 Å². The normalized spacial score (nSPS) is 15.3. The zero-order valence-corrected chi connectivity index (χ0v) is 21.1. The van der Waals surface area contributed by atoms with Crippen molar-refractivity contribution in [1.82, 2.24) is 19.4 Å². The molecule has 0 bridgehead atoms. The minimum Gasteiger partial charge on any atom is -0.452 e. The number of benzene rings is 1. The minimum atomic E-state index is -3.16. The molecular formula is C24H26ClN5O4S. The molecule has 0 atom stereocenters. The van der Waals surface area contributed by atoms with E-state index in [1.807, 2.05) is 12.1 Å². The molecule has 1 aromatic carbocycles. The molecule has 0 spiro atoms. The van der Waals surface area contributed by atoms with E-state index in [0.717, 1.165) is 32.0 Å². The van der Waals surface area contributed by atoms with E-state index in [2.05, 4.69) is 26.8 Å². The predicted molar refractivity (Wildman–Crippen MR) is 138 cm³/mol. The first-order valence-electron chi connectivity index (χ1n) is 11.4. The Bertz CT molecular complexity index is 1560. The number of furan rings is 1. The summed E-state index contributed by atoms with van der Waals surface area (Å²) in [5.74, 6) is 0.847. The van der Waals surface area contributed by atoms with Crippen LogP contribution in [0, 0.1) is 0 Å². The van der Waals surface area contributed by atoms with Crippen LogP contribution in [-0.4, -0.2) is 73.1 Å². The Hall–Kier alpha value is -2.95. The number of likely N-dealkylation sites (N-methyl/N-ethyl adjacent to an activating group) is 1. The molecule has 3 aromatic heterocycles. The Morgan fingerprint density at radius 2 is 1.89 bits per heavy atom. The van der Waals surface area contributed by atoms with E-state index in [1.165, 1.54) is 10.8 Å². The highest BCUT2D eigenvalue weighted by Gasteiger charge is 2.21. The molecule has 1 saturated heterocycles. The van der Waals surface area contributed by atoms with Crippen molar-refractivity contribution in [2.75, 3.05) is 50.1 Å². The van der Waals surface area contributed by atoms with Gasteiger partial charge in [-0.1, -0.05) is 11.6 Å². The van der Waals surface area contributed by atoms with Crippen LogP contribution in [0.3, 0.4) is 0 Å². The number of piperazine rings is 1. The first-order chi connectivity index (χ1) is 16.7. The van der Waals surface area contributed by atoms with Crippen molar-refractivity contribution >= 4 is 49.3 Å². The molecule has 5 rings (SSSR count). The van der Waals surface area contributed by atoms with Gasteiger partial charge in [0.05, 0.1) is 5.75 Å². The number of hydrogen-bond acceptors (Lipinski definition) is 8. The van der Waals surface area contributed by atoms with Gasteiger partial charge in [-0.2, -0.15) is 4.98 Å². The number of halogens is 1. The second-order valence-electron chi connectivity index (χ2n) is 8.99. The van der Waals surface area contributed by atoms with Gasteiger partial charge in [-0.25, -0.2) is 18.2 Å². The van der Waals surface area contributed by atoms with E-state index >= 15 is 0 Å². The summed E-state index contributed by atoms with van der Waals surface area (Å²) in [4.78, 5) is 26.6. The van der Waals surface area contributed by atoms with Gasteiger partial charge in [-0.3, -0.25) is 4.57 Å². The third-order valence-corrected chi connectivity index (χ3v) is 7.56. The fourth-order valence-electron chi connectivity index (χ4n) is 4.42. The van der Waals surface area contributed by atoms with Crippen molar-refractivity contribution in [1.29, 1.82) is 0 Å². The van der Waals surface area contributed by atoms with E-state index in [1.54, 1.807) is 24.4 Å². The molecule has 0 unspecified atom stereocenters. The lowest BCUT2D eigenvalue weighted by Crippen LogP contribution is -2.44. The van der Waals surface area contributed by atoms with Crippen LogP contribution in [0.25, 0.3) is 33.3 Å². The number of anilines is 1. The number of hydrogen-bond donors (Lipinski definition) is 0. The average molecular weight is 516 g/mol. The Labute approximate surface area is 207 Å². The third-order valence-electron chi connectivity index (χ3n) is 6.29. The molecule has 9 nitrogen and oxygen atoms in total. The number of pyridine rings is 1. The fraction of sp³-hybridized carbons (Fsp3) is 0.375. The second-order valence-corrected chi connectivity index (χ2v) is 11.7. The topological polar surface area (TPSA) is 102 Å². The number of fused-ring (bicyclic) bond motifs is 3. The number of aromatic nitrogens is 3. The molecule has 0 N–H and O–H groups in total. The van der Waals surface area contributed by atoms with Crippen LogP contribution in [0.5, 0.6) is 0 Å². The van der Waals surface area contributed by atoms with E-state index in [0.29, 0.717) is 38.3 Å². The summed E-state index contributed by atoms with van der Waals surface area (Å²) in [6.07, 6.45) is 3.17.